The molecule has 2 aromatic heterocycles. The van der Waals surface area contributed by atoms with Gasteiger partial charge in [-0.15, -0.1) is 0 Å². The highest BCUT2D eigenvalue weighted by Gasteiger charge is 2.39. The third kappa shape index (κ3) is 2.59. The van der Waals surface area contributed by atoms with Gasteiger partial charge in [0.05, 0.1) is 36.7 Å². The molecule has 0 bridgehead atoms. The fourth-order valence-corrected chi connectivity index (χ4v) is 3.23. The largest absolute Gasteiger partial charge is 0.375 e. The van der Waals surface area contributed by atoms with Gasteiger partial charge in [-0.2, -0.15) is 0 Å². The fraction of sp³-hybridized carbons (Fsp3) is 0.500. The Bertz CT molecular complexity index is 720. The highest BCUT2D eigenvalue weighted by atomic mass is 19.3. The Hall–Kier alpha value is -2.02. The van der Waals surface area contributed by atoms with E-state index in [1.807, 2.05) is 13.0 Å². The van der Waals surface area contributed by atoms with E-state index in [1.54, 1.807) is 11.1 Å². The summed E-state index contributed by atoms with van der Waals surface area (Å²) in [5.74, 6) is -1.38. The van der Waals surface area contributed by atoms with E-state index in [0.29, 0.717) is 31.4 Å². The molecule has 4 heterocycles. The lowest BCUT2D eigenvalue weighted by Crippen LogP contribution is -2.26. The van der Waals surface area contributed by atoms with Gasteiger partial charge in [-0.3, -0.25) is 0 Å². The molecule has 1 fully saturated rings. The first kappa shape index (κ1) is 14.6. The van der Waals surface area contributed by atoms with E-state index in [4.69, 9.17) is 4.74 Å². The summed E-state index contributed by atoms with van der Waals surface area (Å²) in [6, 6.07) is 1.88. The Balaban J connectivity index is 1.77. The maximum Gasteiger partial charge on any atom is 0.266 e. The first-order valence-electron chi connectivity index (χ1n) is 7.78. The summed E-state index contributed by atoms with van der Waals surface area (Å²) < 4.78 is 32.6. The van der Waals surface area contributed by atoms with Crippen LogP contribution in [0, 0.1) is 6.92 Å². The summed E-state index contributed by atoms with van der Waals surface area (Å²) >= 11 is 0. The molecule has 2 aliphatic heterocycles. The summed E-state index contributed by atoms with van der Waals surface area (Å²) in [4.78, 5) is 14.0. The van der Waals surface area contributed by atoms with Crippen molar-refractivity contribution in [2.75, 3.05) is 24.6 Å². The normalized spacial score (nSPS) is 19.9. The minimum absolute atomic E-state index is 0.134. The summed E-state index contributed by atoms with van der Waals surface area (Å²) in [6.07, 6.45) is 2.30. The number of aromatic nitrogens is 3. The van der Waals surface area contributed by atoms with Gasteiger partial charge in [0.1, 0.15) is 11.6 Å². The van der Waals surface area contributed by atoms with Crippen molar-refractivity contribution in [2.24, 2.45) is 0 Å². The Labute approximate surface area is 132 Å². The zero-order valence-electron chi connectivity index (χ0n) is 12.9. The van der Waals surface area contributed by atoms with E-state index in [9.17, 15) is 8.78 Å². The number of nitrogens with one attached hydrogen (secondary N) is 1. The van der Waals surface area contributed by atoms with Gasteiger partial charge in [0.15, 0.2) is 0 Å². The van der Waals surface area contributed by atoms with Crippen molar-refractivity contribution in [3.05, 3.63) is 29.2 Å². The molecule has 0 amide bonds. The van der Waals surface area contributed by atoms with Crippen LogP contribution in [0.1, 0.15) is 23.4 Å². The molecule has 7 heteroatoms. The Morgan fingerprint density at radius 3 is 3.00 bits per heavy atom. The Morgan fingerprint density at radius 2 is 2.26 bits per heavy atom. The molecule has 1 N–H and O–H groups in total. The molecule has 4 rings (SSSR count). The summed E-state index contributed by atoms with van der Waals surface area (Å²) in [6.45, 7) is 3.14. The van der Waals surface area contributed by atoms with Crippen LogP contribution in [0.4, 0.5) is 14.6 Å². The Morgan fingerprint density at radius 1 is 1.39 bits per heavy atom. The van der Waals surface area contributed by atoms with E-state index in [2.05, 4.69) is 15.0 Å². The molecule has 2 aromatic rings. The summed E-state index contributed by atoms with van der Waals surface area (Å²) in [7, 11) is 0. The van der Waals surface area contributed by atoms with E-state index in [1.165, 1.54) is 0 Å². The first-order chi connectivity index (χ1) is 11.0. The summed E-state index contributed by atoms with van der Waals surface area (Å²) in [5.41, 5.74) is 3.73. The smallest absolute Gasteiger partial charge is 0.266 e. The molecule has 23 heavy (non-hydrogen) atoms. The number of halogens is 2. The molecule has 0 radical (unpaired) electrons. The number of aromatic amines is 1. The monoisotopic (exact) mass is 320 g/mol. The number of hydrogen-bond acceptors (Lipinski definition) is 4. The van der Waals surface area contributed by atoms with E-state index >= 15 is 0 Å². The van der Waals surface area contributed by atoms with Crippen LogP contribution in [-0.4, -0.2) is 40.6 Å². The van der Waals surface area contributed by atoms with Gasteiger partial charge in [-0.05, 0) is 18.6 Å². The lowest BCUT2D eigenvalue weighted by atomic mass is 10.1. The fourth-order valence-electron chi connectivity index (χ4n) is 3.23. The lowest BCUT2D eigenvalue weighted by Gasteiger charge is -2.20. The number of imidazole rings is 1. The van der Waals surface area contributed by atoms with Crippen LogP contribution in [0.5, 0.6) is 0 Å². The van der Waals surface area contributed by atoms with Crippen LogP contribution >= 0.6 is 0 Å². The average Bonchev–Trinajstić information content (AvgIpc) is 3.09. The predicted octanol–water partition coefficient (Wildman–Crippen LogP) is 2.70. The number of rotatable bonds is 2. The minimum atomic E-state index is -2.65. The second-order valence-electron chi connectivity index (χ2n) is 6.17. The van der Waals surface area contributed by atoms with Crippen LogP contribution in [0.2, 0.25) is 0 Å². The molecule has 0 atom stereocenters. The minimum Gasteiger partial charge on any atom is -0.375 e. The van der Waals surface area contributed by atoms with Crippen molar-refractivity contribution in [2.45, 2.75) is 32.3 Å². The van der Waals surface area contributed by atoms with Crippen molar-refractivity contribution >= 4 is 5.82 Å². The number of anilines is 1. The topological polar surface area (TPSA) is 54.0 Å². The number of hydrogen-bond donors (Lipinski definition) is 1. The second kappa shape index (κ2) is 5.26. The van der Waals surface area contributed by atoms with Gasteiger partial charge in [-0.25, -0.2) is 18.7 Å². The van der Waals surface area contributed by atoms with Crippen molar-refractivity contribution in [1.29, 1.82) is 0 Å². The van der Waals surface area contributed by atoms with E-state index in [0.717, 1.165) is 28.9 Å². The van der Waals surface area contributed by atoms with Crippen LogP contribution in [0.25, 0.3) is 11.4 Å². The van der Waals surface area contributed by atoms with Gasteiger partial charge in [0, 0.05) is 25.6 Å². The van der Waals surface area contributed by atoms with Gasteiger partial charge in [-0.1, -0.05) is 0 Å². The van der Waals surface area contributed by atoms with Crippen molar-refractivity contribution in [3.63, 3.8) is 0 Å². The number of aryl methyl sites for hydroxylation is 1. The third-order valence-corrected chi connectivity index (χ3v) is 4.44. The molecule has 0 spiro atoms. The molecule has 0 unspecified atom stereocenters. The molecule has 1 saturated heterocycles. The Kier molecular flexibility index (Phi) is 3.33. The van der Waals surface area contributed by atoms with Crippen molar-refractivity contribution in [1.82, 2.24) is 15.0 Å². The SMILES string of the molecule is Cc1ccnc(N2CCC(F)(F)C2)c1-c1nc2c([nH]1)COCC2. The molecule has 0 aromatic carbocycles. The van der Waals surface area contributed by atoms with Crippen molar-refractivity contribution < 1.29 is 13.5 Å². The van der Waals surface area contributed by atoms with Gasteiger partial charge >= 0.3 is 0 Å². The van der Waals surface area contributed by atoms with Gasteiger partial charge in [0.25, 0.3) is 5.92 Å². The molecule has 0 aliphatic carbocycles. The zero-order chi connectivity index (χ0) is 16.0. The van der Waals surface area contributed by atoms with Crippen molar-refractivity contribution in [3.8, 4) is 11.4 Å². The van der Waals surface area contributed by atoms with Crippen LogP contribution in [0.3, 0.4) is 0 Å². The standard InChI is InChI=1S/C16H18F2N4O/c1-10-2-5-19-15(22-6-4-16(17,18)9-22)13(10)14-20-11-3-7-23-8-12(11)21-14/h2,5H,3-4,6-9H2,1H3,(H,20,21). The summed E-state index contributed by atoms with van der Waals surface area (Å²) in [5, 5.41) is 0. The molecular weight excluding hydrogens is 302 g/mol. The quantitative estimate of drug-likeness (QED) is 0.924. The third-order valence-electron chi connectivity index (χ3n) is 4.44. The number of ether oxygens (including phenoxy) is 1. The number of nitrogens with zero attached hydrogens (tertiary/aromatic N) is 3. The zero-order valence-corrected chi connectivity index (χ0v) is 12.9. The first-order valence-corrected chi connectivity index (χ1v) is 7.78. The van der Waals surface area contributed by atoms with Gasteiger partial charge in [0.2, 0.25) is 0 Å². The highest BCUT2D eigenvalue weighted by molar-refractivity contribution is 5.75. The average molecular weight is 320 g/mol. The van der Waals surface area contributed by atoms with Crippen LogP contribution in [0.15, 0.2) is 12.3 Å². The predicted molar refractivity (Wildman–Crippen MR) is 81.7 cm³/mol. The number of fused-ring (bicyclic) bond motifs is 1. The second-order valence-corrected chi connectivity index (χ2v) is 6.17. The highest BCUT2D eigenvalue weighted by Crippen LogP contribution is 2.36. The molecule has 0 saturated carbocycles. The maximum atomic E-state index is 13.6. The molecule has 122 valence electrons. The van der Waals surface area contributed by atoms with E-state index in [-0.39, 0.29) is 13.0 Å². The number of alkyl halides is 2. The number of pyridine rings is 1. The molecule has 5 nitrogen and oxygen atoms in total. The molecule has 2 aliphatic rings. The maximum absolute atomic E-state index is 13.6. The lowest BCUT2D eigenvalue weighted by molar-refractivity contribution is 0.0257. The van der Waals surface area contributed by atoms with Gasteiger partial charge < -0.3 is 14.6 Å². The van der Waals surface area contributed by atoms with Crippen LogP contribution in [-0.2, 0) is 17.8 Å². The molecular formula is C16H18F2N4O. The number of H-pyrrole nitrogens is 1. The van der Waals surface area contributed by atoms with Crippen LogP contribution < -0.4 is 4.90 Å². The van der Waals surface area contributed by atoms with E-state index < -0.39 is 5.92 Å².